The van der Waals surface area contributed by atoms with E-state index in [0.29, 0.717) is 5.69 Å². The average Bonchev–Trinajstić information content (AvgIpc) is 3.04. The highest BCUT2D eigenvalue weighted by molar-refractivity contribution is 6.10. The number of nitrogens with one attached hydrogen (secondary N) is 1. The molecule has 6 heteroatoms. The van der Waals surface area contributed by atoms with Gasteiger partial charge in [0.25, 0.3) is 0 Å². The molecule has 1 N–H and O–H groups in total. The molecule has 6 nitrogen and oxygen atoms in total. The predicted molar refractivity (Wildman–Crippen MR) is 82.9 cm³/mol. The van der Waals surface area contributed by atoms with Gasteiger partial charge in [-0.15, -0.1) is 0 Å². The Morgan fingerprint density at radius 3 is 2.50 bits per heavy atom. The second-order valence-electron chi connectivity index (χ2n) is 4.48. The Balaban J connectivity index is 1.83. The fourth-order valence-electron chi connectivity index (χ4n) is 2.02. The minimum atomic E-state index is -0.213. The molecular weight excluding hydrogens is 276 g/mol. The van der Waals surface area contributed by atoms with Crippen molar-refractivity contribution in [1.29, 1.82) is 10.5 Å². The van der Waals surface area contributed by atoms with Gasteiger partial charge in [-0.1, -0.05) is 12.1 Å². The highest BCUT2D eigenvalue weighted by Gasteiger charge is 2.01. The van der Waals surface area contributed by atoms with Crippen LogP contribution >= 0.6 is 0 Å². The molecule has 3 rings (SSSR count). The first kappa shape index (κ1) is 13.3. The molecule has 0 fully saturated rings. The zero-order valence-electron chi connectivity index (χ0n) is 11.4. The summed E-state index contributed by atoms with van der Waals surface area (Å²) >= 11 is 0. The zero-order chi connectivity index (χ0) is 15.4. The summed E-state index contributed by atoms with van der Waals surface area (Å²) in [6, 6.07) is 14.9. The van der Waals surface area contributed by atoms with Crippen LogP contribution in [0.3, 0.4) is 0 Å². The van der Waals surface area contributed by atoms with E-state index in [1.807, 2.05) is 53.2 Å². The van der Waals surface area contributed by atoms with E-state index in [1.54, 1.807) is 18.3 Å². The fraction of sp³-hybridized carbons (Fsp3) is 0. The second-order valence-corrected chi connectivity index (χ2v) is 4.48. The summed E-state index contributed by atoms with van der Waals surface area (Å²) in [4.78, 5) is 4.21. The van der Waals surface area contributed by atoms with Crippen molar-refractivity contribution in [1.82, 2.24) is 9.38 Å². The summed E-state index contributed by atoms with van der Waals surface area (Å²) in [5.74, 6) is 0. The van der Waals surface area contributed by atoms with Crippen molar-refractivity contribution in [2.75, 3.05) is 5.43 Å². The van der Waals surface area contributed by atoms with Crippen LogP contribution in [-0.2, 0) is 0 Å². The largest absolute Gasteiger partial charge is 0.306 e. The van der Waals surface area contributed by atoms with E-state index < -0.39 is 0 Å². The number of pyridine rings is 1. The SMILES string of the molecule is N#CC(C#N)=NNc1ccc(-c2ccc3nccn3c2)cc1. The molecule has 3 aromatic rings. The molecule has 0 aliphatic rings. The van der Waals surface area contributed by atoms with Crippen molar-refractivity contribution in [3.05, 3.63) is 55.0 Å². The maximum Gasteiger partial charge on any atom is 0.237 e. The van der Waals surface area contributed by atoms with Gasteiger partial charge in [-0.05, 0) is 35.4 Å². The van der Waals surface area contributed by atoms with Gasteiger partial charge in [-0.25, -0.2) is 4.98 Å². The molecule has 0 amide bonds. The molecular formula is C16H10N6. The maximum atomic E-state index is 8.61. The van der Waals surface area contributed by atoms with E-state index in [0.717, 1.165) is 16.8 Å². The minimum absolute atomic E-state index is 0.213. The van der Waals surface area contributed by atoms with Crippen LogP contribution in [0.4, 0.5) is 5.69 Å². The maximum absolute atomic E-state index is 8.61. The number of imidazole rings is 1. The van der Waals surface area contributed by atoms with Crippen LogP contribution < -0.4 is 5.43 Å². The Labute approximate surface area is 126 Å². The second kappa shape index (κ2) is 5.78. The summed E-state index contributed by atoms with van der Waals surface area (Å²) < 4.78 is 1.96. The molecule has 104 valence electrons. The summed E-state index contributed by atoms with van der Waals surface area (Å²) in [5, 5.41) is 20.9. The van der Waals surface area contributed by atoms with E-state index >= 15 is 0 Å². The van der Waals surface area contributed by atoms with Crippen LogP contribution in [0.1, 0.15) is 0 Å². The summed E-state index contributed by atoms with van der Waals surface area (Å²) in [6.07, 6.45) is 5.66. The number of hydrogen-bond donors (Lipinski definition) is 1. The average molecular weight is 286 g/mol. The van der Waals surface area contributed by atoms with E-state index in [9.17, 15) is 0 Å². The Kier molecular flexibility index (Phi) is 3.51. The van der Waals surface area contributed by atoms with Crippen LogP contribution in [0.15, 0.2) is 60.1 Å². The Hall–Kier alpha value is -3.64. The van der Waals surface area contributed by atoms with Gasteiger partial charge in [0.1, 0.15) is 17.8 Å². The third kappa shape index (κ3) is 2.62. The van der Waals surface area contributed by atoms with E-state index in [4.69, 9.17) is 10.5 Å². The topological polar surface area (TPSA) is 89.3 Å². The fourth-order valence-corrected chi connectivity index (χ4v) is 2.02. The van der Waals surface area contributed by atoms with Gasteiger partial charge >= 0.3 is 0 Å². The van der Waals surface area contributed by atoms with Gasteiger partial charge in [-0.2, -0.15) is 15.6 Å². The number of fused-ring (bicyclic) bond motifs is 1. The number of hydrogen-bond acceptors (Lipinski definition) is 5. The first-order valence-corrected chi connectivity index (χ1v) is 6.47. The molecule has 0 unspecified atom stereocenters. The lowest BCUT2D eigenvalue weighted by Gasteiger charge is -2.05. The molecule has 0 radical (unpaired) electrons. The van der Waals surface area contributed by atoms with Gasteiger partial charge in [0.15, 0.2) is 0 Å². The lowest BCUT2D eigenvalue weighted by molar-refractivity contribution is 1.19. The third-order valence-electron chi connectivity index (χ3n) is 3.12. The van der Waals surface area contributed by atoms with Crippen LogP contribution in [0.5, 0.6) is 0 Å². The van der Waals surface area contributed by atoms with Gasteiger partial charge in [0.05, 0.1) is 5.69 Å². The number of nitriles is 2. The predicted octanol–water partition coefficient (Wildman–Crippen LogP) is 2.82. The van der Waals surface area contributed by atoms with Crippen LogP contribution in [-0.4, -0.2) is 15.1 Å². The molecule has 22 heavy (non-hydrogen) atoms. The van der Waals surface area contributed by atoms with Gasteiger partial charge < -0.3 is 4.40 Å². The molecule has 0 aliphatic carbocycles. The molecule has 0 aliphatic heterocycles. The van der Waals surface area contributed by atoms with E-state index in [1.165, 1.54) is 0 Å². The highest BCUT2D eigenvalue weighted by atomic mass is 15.3. The number of anilines is 1. The van der Waals surface area contributed by atoms with Crippen molar-refractivity contribution in [2.24, 2.45) is 5.10 Å². The smallest absolute Gasteiger partial charge is 0.237 e. The zero-order valence-corrected chi connectivity index (χ0v) is 11.4. The molecule has 0 saturated heterocycles. The van der Waals surface area contributed by atoms with Crippen molar-refractivity contribution in [3.8, 4) is 23.3 Å². The summed E-state index contributed by atoms with van der Waals surface area (Å²) in [6.45, 7) is 0. The van der Waals surface area contributed by atoms with Crippen molar-refractivity contribution in [2.45, 2.75) is 0 Å². The lowest BCUT2D eigenvalue weighted by atomic mass is 10.1. The Morgan fingerprint density at radius 2 is 1.77 bits per heavy atom. The molecule has 0 atom stereocenters. The first-order chi connectivity index (χ1) is 10.8. The summed E-state index contributed by atoms with van der Waals surface area (Å²) in [5.41, 5.74) is 6.18. The highest BCUT2D eigenvalue weighted by Crippen LogP contribution is 2.21. The summed E-state index contributed by atoms with van der Waals surface area (Å²) in [7, 11) is 0. The minimum Gasteiger partial charge on any atom is -0.306 e. The molecule has 0 saturated carbocycles. The van der Waals surface area contributed by atoms with E-state index in [-0.39, 0.29) is 5.71 Å². The quantitative estimate of drug-likeness (QED) is 0.592. The van der Waals surface area contributed by atoms with Gasteiger partial charge in [0.2, 0.25) is 5.71 Å². The van der Waals surface area contributed by atoms with E-state index in [2.05, 4.69) is 15.5 Å². The van der Waals surface area contributed by atoms with Crippen LogP contribution in [0.25, 0.3) is 16.8 Å². The Bertz CT molecular complexity index is 906. The standard InChI is InChI=1S/C16H10N6/c17-9-15(10-18)21-20-14-4-1-12(2-5-14)13-3-6-16-19-7-8-22(16)11-13/h1-8,11,20H. The van der Waals surface area contributed by atoms with Crippen LogP contribution in [0.2, 0.25) is 0 Å². The molecule has 1 aromatic carbocycles. The van der Waals surface area contributed by atoms with Crippen molar-refractivity contribution < 1.29 is 0 Å². The monoisotopic (exact) mass is 286 g/mol. The lowest BCUT2D eigenvalue weighted by Crippen LogP contribution is -1.96. The molecule has 2 heterocycles. The number of hydrazone groups is 1. The number of nitrogens with zero attached hydrogens (tertiary/aromatic N) is 5. The van der Waals surface area contributed by atoms with Crippen molar-refractivity contribution in [3.63, 3.8) is 0 Å². The number of rotatable bonds is 3. The number of aromatic nitrogens is 2. The third-order valence-corrected chi connectivity index (χ3v) is 3.12. The molecule has 2 aromatic heterocycles. The Morgan fingerprint density at radius 1 is 1.05 bits per heavy atom. The normalized spacial score (nSPS) is 9.73. The van der Waals surface area contributed by atoms with Gasteiger partial charge in [-0.3, -0.25) is 5.43 Å². The number of benzene rings is 1. The van der Waals surface area contributed by atoms with Gasteiger partial charge in [0, 0.05) is 18.6 Å². The molecule has 0 spiro atoms. The first-order valence-electron chi connectivity index (χ1n) is 6.47. The van der Waals surface area contributed by atoms with Crippen LogP contribution in [0, 0.1) is 22.7 Å². The molecule has 0 bridgehead atoms. The van der Waals surface area contributed by atoms with Crippen molar-refractivity contribution >= 4 is 17.0 Å².